The first-order valence-corrected chi connectivity index (χ1v) is 9.41. The molecule has 2 aliphatic rings. The maximum atomic E-state index is 14.7. The molecule has 0 spiro atoms. The Kier molecular flexibility index (Phi) is 3.81. The lowest BCUT2D eigenvalue weighted by Gasteiger charge is -2.22. The second kappa shape index (κ2) is 5.54. The molecule has 0 aliphatic carbocycles. The molecule has 1 aromatic heterocycles. The lowest BCUT2D eigenvalue weighted by atomic mass is 10.2. The van der Waals surface area contributed by atoms with Crippen molar-refractivity contribution in [3.8, 4) is 5.75 Å². The molecule has 1 saturated heterocycles. The van der Waals surface area contributed by atoms with E-state index >= 15 is 0 Å². The highest BCUT2D eigenvalue weighted by Crippen LogP contribution is 2.48. The molecule has 10 heteroatoms. The molecule has 1 fully saturated rings. The number of fused-ring (bicyclic) bond motifs is 2. The number of nitrogens with zero attached hydrogens (tertiary/aromatic N) is 3. The van der Waals surface area contributed by atoms with Crippen LogP contribution in [0.4, 0.5) is 19.0 Å². The van der Waals surface area contributed by atoms with E-state index in [2.05, 4.69) is 25.9 Å². The van der Waals surface area contributed by atoms with Crippen molar-refractivity contribution in [1.82, 2.24) is 9.97 Å². The molecule has 1 atom stereocenters. The monoisotopic (exact) mass is 439 g/mol. The molecule has 0 unspecified atom stereocenters. The number of thioether (sulfide) groups is 1. The largest absolute Gasteiger partial charge is 0.489 e. The van der Waals surface area contributed by atoms with Crippen LogP contribution in [0.1, 0.15) is 6.42 Å². The molecule has 1 aromatic carbocycles. The average molecular weight is 441 g/mol. The third-order valence-corrected chi connectivity index (χ3v) is 6.02. The number of rotatable bonds is 1. The average Bonchev–Trinajstić information content (AvgIpc) is 2.78. The summed E-state index contributed by atoms with van der Waals surface area (Å²) in [6.45, 7) is -0.469. The molecule has 4 nitrogen and oxygen atoms in total. The molecule has 128 valence electrons. The first-order valence-electron chi connectivity index (χ1n) is 7.02. The lowest BCUT2D eigenvalue weighted by Crippen LogP contribution is -2.34. The van der Waals surface area contributed by atoms with Crippen molar-refractivity contribution in [2.75, 3.05) is 24.3 Å². The minimum atomic E-state index is -2.85. The highest BCUT2D eigenvalue weighted by atomic mass is 79.9. The van der Waals surface area contributed by atoms with Gasteiger partial charge in [0.1, 0.15) is 23.0 Å². The third kappa shape index (κ3) is 2.35. The molecule has 4 rings (SSSR count). The van der Waals surface area contributed by atoms with Gasteiger partial charge in [-0.25, -0.2) is 23.1 Å². The maximum absolute atomic E-state index is 14.7. The Balaban J connectivity index is 2.08. The minimum Gasteiger partial charge on any atom is -0.489 e. The van der Waals surface area contributed by atoms with Crippen LogP contribution in [0, 0.1) is 5.82 Å². The van der Waals surface area contributed by atoms with E-state index in [0.717, 1.165) is 0 Å². The van der Waals surface area contributed by atoms with Gasteiger partial charge >= 0.3 is 0 Å². The van der Waals surface area contributed by atoms with Gasteiger partial charge in [0.2, 0.25) is 0 Å². The van der Waals surface area contributed by atoms with Crippen LogP contribution in [0.25, 0.3) is 10.9 Å². The van der Waals surface area contributed by atoms with E-state index in [1.807, 2.05) is 0 Å². The summed E-state index contributed by atoms with van der Waals surface area (Å²) in [5, 5.41) is 0.584. The molecule has 0 bridgehead atoms. The molecular formula is C14H10BrClF3N3OS. The van der Waals surface area contributed by atoms with Gasteiger partial charge in [0, 0.05) is 6.42 Å². The van der Waals surface area contributed by atoms with Crippen molar-refractivity contribution in [1.29, 1.82) is 0 Å². The number of benzene rings is 1. The van der Waals surface area contributed by atoms with Crippen LogP contribution in [0.3, 0.4) is 0 Å². The van der Waals surface area contributed by atoms with Crippen molar-refractivity contribution in [3.05, 3.63) is 15.3 Å². The van der Waals surface area contributed by atoms with Gasteiger partial charge in [-0.1, -0.05) is 23.4 Å². The van der Waals surface area contributed by atoms with E-state index in [1.165, 1.54) is 16.7 Å². The second-order valence-electron chi connectivity index (χ2n) is 5.68. The SMILES string of the molecule is CSc1nc2c3c(c(Cl)c(Br)c(F)c3n1)OC[C@@H]1CC(F)(F)CN21. The second-order valence-corrected chi connectivity index (χ2v) is 7.63. The lowest BCUT2D eigenvalue weighted by molar-refractivity contribution is 0.0205. The van der Waals surface area contributed by atoms with Crippen LogP contribution in [-0.4, -0.2) is 41.3 Å². The summed E-state index contributed by atoms with van der Waals surface area (Å²) in [5.74, 6) is -3.04. The number of ether oxygens (including phenoxy) is 1. The first kappa shape index (κ1) is 16.5. The van der Waals surface area contributed by atoms with Crippen LogP contribution in [0.5, 0.6) is 5.75 Å². The van der Waals surface area contributed by atoms with Gasteiger partial charge in [0.25, 0.3) is 5.92 Å². The number of hydrogen-bond donors (Lipinski definition) is 0. The Morgan fingerprint density at radius 3 is 2.88 bits per heavy atom. The Hall–Kier alpha value is -0.930. The van der Waals surface area contributed by atoms with Crippen molar-refractivity contribution >= 4 is 56.0 Å². The van der Waals surface area contributed by atoms with Gasteiger partial charge in [-0.3, -0.25) is 0 Å². The highest BCUT2D eigenvalue weighted by Gasteiger charge is 2.48. The van der Waals surface area contributed by atoms with Crippen molar-refractivity contribution in [2.45, 2.75) is 23.5 Å². The Labute approximate surface area is 152 Å². The van der Waals surface area contributed by atoms with E-state index in [9.17, 15) is 13.2 Å². The molecule has 24 heavy (non-hydrogen) atoms. The molecule has 2 aromatic rings. The van der Waals surface area contributed by atoms with Crippen LogP contribution in [-0.2, 0) is 0 Å². The van der Waals surface area contributed by atoms with Crippen molar-refractivity contribution in [2.24, 2.45) is 0 Å². The summed E-state index contributed by atoms with van der Waals surface area (Å²) in [5.41, 5.74) is 0.00601. The van der Waals surface area contributed by atoms with Gasteiger partial charge in [-0.05, 0) is 22.2 Å². The van der Waals surface area contributed by atoms with E-state index in [4.69, 9.17) is 16.3 Å². The van der Waals surface area contributed by atoms with Gasteiger partial charge in [-0.15, -0.1) is 0 Å². The summed E-state index contributed by atoms with van der Waals surface area (Å²) >= 11 is 10.5. The number of halogens is 5. The first-order chi connectivity index (χ1) is 11.3. The number of hydrogen-bond acceptors (Lipinski definition) is 5. The van der Waals surface area contributed by atoms with Crippen LogP contribution in [0.2, 0.25) is 5.02 Å². The van der Waals surface area contributed by atoms with E-state index in [1.54, 1.807) is 6.26 Å². The zero-order chi connectivity index (χ0) is 17.2. The quantitative estimate of drug-likeness (QED) is 0.370. The van der Waals surface area contributed by atoms with Gasteiger partial charge in [0.05, 0.1) is 22.4 Å². The molecular weight excluding hydrogens is 431 g/mol. The zero-order valence-electron chi connectivity index (χ0n) is 12.2. The number of anilines is 1. The zero-order valence-corrected chi connectivity index (χ0v) is 15.4. The maximum Gasteiger partial charge on any atom is 0.267 e. The molecule has 3 heterocycles. The summed E-state index contributed by atoms with van der Waals surface area (Å²) < 4.78 is 48.2. The summed E-state index contributed by atoms with van der Waals surface area (Å²) in [4.78, 5) is 10.0. The van der Waals surface area contributed by atoms with Crippen molar-refractivity contribution in [3.63, 3.8) is 0 Å². The molecule has 0 radical (unpaired) electrons. The molecule has 0 N–H and O–H groups in total. The van der Waals surface area contributed by atoms with Gasteiger partial charge in [-0.2, -0.15) is 0 Å². The smallest absolute Gasteiger partial charge is 0.267 e. The van der Waals surface area contributed by atoms with Gasteiger partial charge in [0.15, 0.2) is 16.7 Å². The Morgan fingerprint density at radius 2 is 2.17 bits per heavy atom. The number of alkyl halides is 2. The van der Waals surface area contributed by atoms with Crippen molar-refractivity contribution < 1.29 is 17.9 Å². The van der Waals surface area contributed by atoms with E-state index < -0.39 is 24.3 Å². The topological polar surface area (TPSA) is 38.3 Å². The molecule has 0 saturated carbocycles. The predicted molar refractivity (Wildman–Crippen MR) is 90.2 cm³/mol. The summed E-state index contributed by atoms with van der Waals surface area (Å²) in [7, 11) is 0. The van der Waals surface area contributed by atoms with Crippen LogP contribution >= 0.6 is 39.3 Å². The van der Waals surface area contributed by atoms with Gasteiger partial charge < -0.3 is 9.64 Å². The fourth-order valence-electron chi connectivity index (χ4n) is 3.12. The van der Waals surface area contributed by atoms with Crippen LogP contribution < -0.4 is 9.64 Å². The third-order valence-electron chi connectivity index (χ3n) is 4.14. The Morgan fingerprint density at radius 1 is 1.42 bits per heavy atom. The highest BCUT2D eigenvalue weighted by molar-refractivity contribution is 9.10. The summed E-state index contributed by atoms with van der Waals surface area (Å²) in [6, 6.07) is -0.557. The minimum absolute atomic E-state index is 0.00601. The summed E-state index contributed by atoms with van der Waals surface area (Å²) in [6.07, 6.45) is 1.39. The van der Waals surface area contributed by atoms with E-state index in [-0.39, 0.29) is 45.0 Å². The molecule has 0 amide bonds. The fourth-order valence-corrected chi connectivity index (χ4v) is 4.08. The molecule has 2 aliphatic heterocycles. The van der Waals surface area contributed by atoms with E-state index in [0.29, 0.717) is 5.16 Å². The van der Waals surface area contributed by atoms with Crippen LogP contribution in [0.15, 0.2) is 9.63 Å². The fraction of sp³-hybridized carbons (Fsp3) is 0.429. The normalized spacial score (nSPS) is 21.6. The standard InChI is InChI=1S/C14H10BrClF3N3OS/c1-24-13-20-10-6-11(8(16)7(15)9(10)17)23-3-5-2-14(18,19)4-22(5)12(6)21-13/h5H,2-4H2,1H3/t5-/m0/s1. The predicted octanol–water partition coefficient (Wildman–Crippen LogP) is 4.51. The Bertz CT molecular complexity index is 869. The number of aromatic nitrogens is 2.